The number of para-hydroxylation sites is 1. The maximum absolute atomic E-state index is 4.47. The number of aliphatic imine (C=N–C) groups is 1. The highest BCUT2D eigenvalue weighted by Gasteiger charge is 2.06. The summed E-state index contributed by atoms with van der Waals surface area (Å²) in [6.07, 6.45) is 2.29. The Hall–Kier alpha value is -1.35. The first-order chi connectivity index (χ1) is 7.90. The number of aryl methyl sites for hydroxylation is 1. The van der Waals surface area contributed by atoms with E-state index in [9.17, 15) is 0 Å². The molecule has 0 amide bonds. The Morgan fingerprint density at radius 2 is 2.25 bits per heavy atom. The standard InChI is InChI=1S/C13H19N3/c1-2-5-11-6-3-4-7-12(11)16-13-10-14-8-9-15-13/h3-4,6-7,14H,2,5,8-10H2,1H3,(H,15,16). The van der Waals surface area contributed by atoms with Crippen LogP contribution in [0.1, 0.15) is 18.9 Å². The van der Waals surface area contributed by atoms with Gasteiger partial charge in [0.25, 0.3) is 0 Å². The van der Waals surface area contributed by atoms with Crippen molar-refractivity contribution in [2.75, 3.05) is 25.0 Å². The molecule has 16 heavy (non-hydrogen) atoms. The van der Waals surface area contributed by atoms with Crippen LogP contribution in [-0.4, -0.2) is 25.5 Å². The zero-order chi connectivity index (χ0) is 11.2. The van der Waals surface area contributed by atoms with Crippen LogP contribution < -0.4 is 10.6 Å². The molecule has 0 radical (unpaired) electrons. The van der Waals surface area contributed by atoms with Gasteiger partial charge in [-0.1, -0.05) is 31.5 Å². The fourth-order valence-electron chi connectivity index (χ4n) is 1.90. The van der Waals surface area contributed by atoms with Crippen LogP contribution in [0.5, 0.6) is 0 Å². The Balaban J connectivity index is 2.10. The van der Waals surface area contributed by atoms with Crippen LogP contribution >= 0.6 is 0 Å². The Labute approximate surface area is 97.0 Å². The highest BCUT2D eigenvalue weighted by Crippen LogP contribution is 2.16. The molecule has 1 heterocycles. The minimum atomic E-state index is 0.848. The van der Waals surface area contributed by atoms with Crippen LogP contribution in [0.4, 0.5) is 5.69 Å². The molecule has 0 aliphatic carbocycles. The third-order valence-electron chi connectivity index (χ3n) is 2.70. The molecule has 1 aliphatic heterocycles. The molecule has 86 valence electrons. The summed E-state index contributed by atoms with van der Waals surface area (Å²) in [5.74, 6) is 1.05. The number of anilines is 1. The zero-order valence-electron chi connectivity index (χ0n) is 9.79. The first-order valence-electron chi connectivity index (χ1n) is 5.99. The van der Waals surface area contributed by atoms with E-state index in [-0.39, 0.29) is 0 Å². The van der Waals surface area contributed by atoms with Crippen LogP contribution in [0.3, 0.4) is 0 Å². The molecule has 2 N–H and O–H groups in total. The van der Waals surface area contributed by atoms with Crippen molar-refractivity contribution in [1.82, 2.24) is 5.32 Å². The number of hydrogen-bond acceptors (Lipinski definition) is 3. The predicted molar refractivity (Wildman–Crippen MR) is 69.2 cm³/mol. The Kier molecular flexibility index (Phi) is 3.94. The van der Waals surface area contributed by atoms with E-state index in [1.807, 2.05) is 0 Å². The SMILES string of the molecule is CCCc1ccccc1NC1=NCCNC1. The Morgan fingerprint density at radius 3 is 3.00 bits per heavy atom. The quantitative estimate of drug-likeness (QED) is 0.813. The predicted octanol–water partition coefficient (Wildman–Crippen LogP) is 2.05. The molecule has 0 fully saturated rings. The number of nitrogens with zero attached hydrogens (tertiary/aromatic N) is 1. The van der Waals surface area contributed by atoms with Gasteiger partial charge in [-0.05, 0) is 18.1 Å². The zero-order valence-corrected chi connectivity index (χ0v) is 9.79. The summed E-state index contributed by atoms with van der Waals surface area (Å²) in [7, 11) is 0. The van der Waals surface area contributed by atoms with Gasteiger partial charge in [-0.2, -0.15) is 0 Å². The van der Waals surface area contributed by atoms with Crippen molar-refractivity contribution >= 4 is 11.5 Å². The second-order valence-electron chi connectivity index (χ2n) is 4.04. The van der Waals surface area contributed by atoms with Gasteiger partial charge in [0, 0.05) is 12.2 Å². The molecule has 1 aromatic rings. The number of nitrogens with one attached hydrogen (secondary N) is 2. The molecule has 3 nitrogen and oxygen atoms in total. The van der Waals surface area contributed by atoms with E-state index in [1.165, 1.54) is 17.7 Å². The molecule has 1 aliphatic rings. The van der Waals surface area contributed by atoms with E-state index in [1.54, 1.807) is 0 Å². The summed E-state index contributed by atoms with van der Waals surface area (Å²) in [4.78, 5) is 4.47. The third kappa shape index (κ3) is 2.83. The van der Waals surface area contributed by atoms with Crippen LogP contribution in [0.15, 0.2) is 29.3 Å². The average molecular weight is 217 g/mol. The van der Waals surface area contributed by atoms with Crippen molar-refractivity contribution in [3.05, 3.63) is 29.8 Å². The van der Waals surface area contributed by atoms with E-state index >= 15 is 0 Å². The molecule has 0 bridgehead atoms. The largest absolute Gasteiger partial charge is 0.343 e. The Morgan fingerprint density at radius 1 is 1.38 bits per heavy atom. The van der Waals surface area contributed by atoms with Gasteiger partial charge in [-0.3, -0.25) is 4.99 Å². The molecule has 1 aromatic carbocycles. The lowest BCUT2D eigenvalue weighted by Gasteiger charge is -2.17. The molecule has 0 saturated carbocycles. The van der Waals surface area contributed by atoms with Crippen molar-refractivity contribution < 1.29 is 0 Å². The summed E-state index contributed by atoms with van der Waals surface area (Å²) in [6.45, 7) is 4.91. The van der Waals surface area contributed by atoms with Crippen molar-refractivity contribution in [2.24, 2.45) is 4.99 Å². The lowest BCUT2D eigenvalue weighted by molar-refractivity contribution is 0.735. The van der Waals surface area contributed by atoms with Gasteiger partial charge in [0.1, 0.15) is 5.84 Å². The Bertz CT molecular complexity index is 371. The maximum atomic E-state index is 4.47. The van der Waals surface area contributed by atoms with E-state index < -0.39 is 0 Å². The molecular weight excluding hydrogens is 198 g/mol. The molecule has 0 aromatic heterocycles. The molecule has 2 rings (SSSR count). The van der Waals surface area contributed by atoms with Crippen LogP contribution in [0.2, 0.25) is 0 Å². The van der Waals surface area contributed by atoms with Crippen molar-refractivity contribution in [1.29, 1.82) is 0 Å². The van der Waals surface area contributed by atoms with Crippen LogP contribution in [0, 0.1) is 0 Å². The van der Waals surface area contributed by atoms with Gasteiger partial charge in [-0.25, -0.2) is 0 Å². The summed E-state index contributed by atoms with van der Waals surface area (Å²) < 4.78 is 0. The molecule has 0 atom stereocenters. The lowest BCUT2D eigenvalue weighted by atomic mass is 10.1. The monoisotopic (exact) mass is 217 g/mol. The van der Waals surface area contributed by atoms with E-state index in [0.29, 0.717) is 0 Å². The third-order valence-corrected chi connectivity index (χ3v) is 2.70. The summed E-state index contributed by atoms with van der Waals surface area (Å²) in [5, 5.41) is 6.74. The van der Waals surface area contributed by atoms with Crippen molar-refractivity contribution in [3.63, 3.8) is 0 Å². The number of rotatable bonds is 3. The molecule has 0 unspecified atom stereocenters. The van der Waals surface area contributed by atoms with Crippen molar-refractivity contribution in [3.8, 4) is 0 Å². The van der Waals surface area contributed by atoms with Gasteiger partial charge in [0.05, 0.1) is 13.1 Å². The second-order valence-corrected chi connectivity index (χ2v) is 4.04. The fraction of sp³-hybridized carbons (Fsp3) is 0.462. The van der Waals surface area contributed by atoms with Crippen molar-refractivity contribution in [2.45, 2.75) is 19.8 Å². The minimum Gasteiger partial charge on any atom is -0.343 e. The minimum absolute atomic E-state index is 0.848. The van der Waals surface area contributed by atoms with Gasteiger partial charge < -0.3 is 10.6 Å². The van der Waals surface area contributed by atoms with E-state index in [4.69, 9.17) is 0 Å². The average Bonchev–Trinajstić information content (AvgIpc) is 2.33. The molecule has 0 spiro atoms. The van der Waals surface area contributed by atoms with E-state index in [0.717, 1.165) is 31.9 Å². The number of benzene rings is 1. The van der Waals surface area contributed by atoms with Crippen LogP contribution in [0.25, 0.3) is 0 Å². The number of hydrogen-bond donors (Lipinski definition) is 2. The lowest BCUT2D eigenvalue weighted by Crippen LogP contribution is -2.35. The van der Waals surface area contributed by atoms with Crippen LogP contribution in [-0.2, 0) is 6.42 Å². The first kappa shape index (κ1) is 11.1. The highest BCUT2D eigenvalue weighted by molar-refractivity contribution is 5.97. The van der Waals surface area contributed by atoms with E-state index in [2.05, 4.69) is 46.8 Å². The van der Waals surface area contributed by atoms with Gasteiger partial charge >= 0.3 is 0 Å². The van der Waals surface area contributed by atoms with Gasteiger partial charge in [0.15, 0.2) is 0 Å². The number of amidine groups is 1. The maximum Gasteiger partial charge on any atom is 0.115 e. The topological polar surface area (TPSA) is 36.4 Å². The smallest absolute Gasteiger partial charge is 0.115 e. The summed E-state index contributed by atoms with van der Waals surface area (Å²) in [6, 6.07) is 8.47. The summed E-state index contributed by atoms with van der Waals surface area (Å²) in [5.41, 5.74) is 2.57. The highest BCUT2D eigenvalue weighted by atomic mass is 15.1. The van der Waals surface area contributed by atoms with Gasteiger partial charge in [0.2, 0.25) is 0 Å². The van der Waals surface area contributed by atoms with Gasteiger partial charge in [-0.15, -0.1) is 0 Å². The first-order valence-corrected chi connectivity index (χ1v) is 5.99. The molecular formula is C13H19N3. The normalized spacial score (nSPS) is 15.7. The second kappa shape index (κ2) is 5.66. The fourth-order valence-corrected chi connectivity index (χ4v) is 1.90. The molecule has 0 saturated heterocycles. The summed E-state index contributed by atoms with van der Waals surface area (Å²) >= 11 is 0. The molecule has 3 heteroatoms.